The fourth-order valence-electron chi connectivity index (χ4n) is 2.13. The fraction of sp³-hybridized carbons (Fsp3) is 0.750. The maximum atomic E-state index is 9.18. The van der Waals surface area contributed by atoms with Crippen molar-refractivity contribution in [1.29, 1.82) is 0 Å². The summed E-state index contributed by atoms with van der Waals surface area (Å²) < 4.78 is 0. The zero-order valence-electron chi connectivity index (χ0n) is 9.91. The maximum Gasteiger partial charge on any atom is 0.185 e. The second kappa shape index (κ2) is 5.64. The molecule has 3 nitrogen and oxygen atoms in total. The number of hydrogen-bond acceptors (Lipinski definition) is 4. The summed E-state index contributed by atoms with van der Waals surface area (Å²) in [5, 5.41) is 10.3. The second-order valence-electron chi connectivity index (χ2n) is 4.42. The molecule has 2 heterocycles. The Labute approximate surface area is 101 Å². The van der Waals surface area contributed by atoms with E-state index in [0.717, 1.165) is 28.8 Å². The molecule has 0 bridgehead atoms. The zero-order chi connectivity index (χ0) is 11.4. The van der Waals surface area contributed by atoms with Gasteiger partial charge in [0, 0.05) is 13.1 Å². The van der Waals surface area contributed by atoms with Crippen LogP contribution in [0.5, 0.6) is 0 Å². The summed E-state index contributed by atoms with van der Waals surface area (Å²) in [5.74, 6) is 0. The number of anilines is 1. The molecule has 0 unspecified atom stereocenters. The van der Waals surface area contributed by atoms with Crippen molar-refractivity contribution >= 4 is 16.5 Å². The van der Waals surface area contributed by atoms with Gasteiger partial charge >= 0.3 is 0 Å². The average molecular weight is 240 g/mol. The quantitative estimate of drug-likeness (QED) is 0.863. The van der Waals surface area contributed by atoms with Gasteiger partial charge in [0.15, 0.2) is 5.13 Å². The number of thiazole rings is 1. The number of aliphatic hydroxyl groups excluding tert-OH is 1. The molecule has 16 heavy (non-hydrogen) atoms. The third-order valence-electron chi connectivity index (χ3n) is 3.15. The highest BCUT2D eigenvalue weighted by Gasteiger charge is 2.14. The normalized spacial score (nSPS) is 18.2. The minimum atomic E-state index is 0.122. The van der Waals surface area contributed by atoms with E-state index in [-0.39, 0.29) is 6.61 Å². The first-order valence-corrected chi connectivity index (χ1v) is 6.95. The Morgan fingerprint density at radius 1 is 1.19 bits per heavy atom. The van der Waals surface area contributed by atoms with Crippen LogP contribution in [0.2, 0.25) is 0 Å². The van der Waals surface area contributed by atoms with Gasteiger partial charge in [-0.05, 0) is 19.8 Å². The van der Waals surface area contributed by atoms with Gasteiger partial charge < -0.3 is 10.0 Å². The smallest absolute Gasteiger partial charge is 0.185 e. The molecule has 0 amide bonds. The molecule has 1 aromatic rings. The van der Waals surface area contributed by atoms with Gasteiger partial charge in [-0.15, -0.1) is 0 Å². The van der Waals surface area contributed by atoms with Crippen LogP contribution in [0.25, 0.3) is 0 Å². The van der Waals surface area contributed by atoms with Crippen LogP contribution < -0.4 is 4.90 Å². The van der Waals surface area contributed by atoms with Crippen LogP contribution in [-0.4, -0.2) is 23.2 Å². The lowest BCUT2D eigenvalue weighted by atomic mass is 10.1. The maximum absolute atomic E-state index is 9.18. The van der Waals surface area contributed by atoms with Crippen molar-refractivity contribution in [2.75, 3.05) is 18.0 Å². The number of nitrogens with zero attached hydrogens (tertiary/aromatic N) is 2. The molecule has 1 saturated heterocycles. The van der Waals surface area contributed by atoms with E-state index in [2.05, 4.69) is 9.88 Å². The Morgan fingerprint density at radius 3 is 2.38 bits per heavy atom. The largest absolute Gasteiger partial charge is 0.391 e. The van der Waals surface area contributed by atoms with Gasteiger partial charge in [-0.1, -0.05) is 30.6 Å². The summed E-state index contributed by atoms with van der Waals surface area (Å²) in [4.78, 5) is 7.96. The van der Waals surface area contributed by atoms with Crippen molar-refractivity contribution in [3.8, 4) is 0 Å². The van der Waals surface area contributed by atoms with Gasteiger partial charge in [0.05, 0.1) is 17.2 Å². The van der Waals surface area contributed by atoms with E-state index >= 15 is 0 Å². The van der Waals surface area contributed by atoms with E-state index in [9.17, 15) is 5.11 Å². The molecule has 0 aromatic carbocycles. The van der Waals surface area contributed by atoms with Crippen LogP contribution in [0.15, 0.2) is 0 Å². The van der Waals surface area contributed by atoms with Gasteiger partial charge in [-0.2, -0.15) is 0 Å². The van der Waals surface area contributed by atoms with Crippen molar-refractivity contribution in [3.05, 3.63) is 10.6 Å². The van der Waals surface area contributed by atoms with Crippen LogP contribution >= 0.6 is 11.3 Å². The van der Waals surface area contributed by atoms with E-state index in [1.807, 2.05) is 6.92 Å². The highest BCUT2D eigenvalue weighted by atomic mass is 32.1. The predicted molar refractivity (Wildman–Crippen MR) is 68.1 cm³/mol. The molecular weight excluding hydrogens is 220 g/mol. The van der Waals surface area contributed by atoms with E-state index in [1.165, 1.54) is 32.1 Å². The molecule has 0 saturated carbocycles. The van der Waals surface area contributed by atoms with Crippen molar-refractivity contribution in [3.63, 3.8) is 0 Å². The molecule has 0 aliphatic carbocycles. The molecule has 0 radical (unpaired) electrons. The molecule has 0 spiro atoms. The molecule has 2 rings (SSSR count). The third kappa shape index (κ3) is 2.74. The van der Waals surface area contributed by atoms with Gasteiger partial charge in [-0.3, -0.25) is 0 Å². The molecule has 1 aliphatic heterocycles. The molecule has 1 fully saturated rings. The standard InChI is InChI=1S/C12H20N2OS/c1-10-11(9-15)16-12(13-10)14-7-5-3-2-4-6-8-14/h15H,2-9H2,1H3. The van der Waals surface area contributed by atoms with Crippen molar-refractivity contribution in [2.45, 2.75) is 45.6 Å². The van der Waals surface area contributed by atoms with E-state index in [1.54, 1.807) is 11.3 Å². The lowest BCUT2D eigenvalue weighted by Gasteiger charge is -2.23. The van der Waals surface area contributed by atoms with Gasteiger partial charge in [-0.25, -0.2) is 4.98 Å². The third-order valence-corrected chi connectivity index (χ3v) is 4.35. The Hall–Kier alpha value is -0.610. The fourth-order valence-corrected chi connectivity index (χ4v) is 3.11. The first kappa shape index (κ1) is 11.9. The SMILES string of the molecule is Cc1nc(N2CCCCCCC2)sc1CO. The summed E-state index contributed by atoms with van der Waals surface area (Å²) in [7, 11) is 0. The van der Waals surface area contributed by atoms with Crippen molar-refractivity contribution < 1.29 is 5.11 Å². The van der Waals surface area contributed by atoms with E-state index in [0.29, 0.717) is 0 Å². The average Bonchev–Trinajstić information content (AvgIpc) is 2.59. The van der Waals surface area contributed by atoms with Crippen LogP contribution in [0.4, 0.5) is 5.13 Å². The molecule has 1 aliphatic rings. The lowest BCUT2D eigenvalue weighted by Crippen LogP contribution is -2.26. The molecule has 1 aromatic heterocycles. The summed E-state index contributed by atoms with van der Waals surface area (Å²) >= 11 is 1.65. The summed E-state index contributed by atoms with van der Waals surface area (Å²) in [6.45, 7) is 4.35. The molecule has 0 atom stereocenters. The second-order valence-corrected chi connectivity index (χ2v) is 5.48. The Kier molecular flexibility index (Phi) is 4.18. The number of rotatable bonds is 2. The van der Waals surface area contributed by atoms with Crippen molar-refractivity contribution in [1.82, 2.24) is 4.98 Å². The summed E-state index contributed by atoms with van der Waals surface area (Å²) in [5.41, 5.74) is 0.990. The van der Waals surface area contributed by atoms with Crippen LogP contribution in [0.1, 0.15) is 42.7 Å². The van der Waals surface area contributed by atoms with Gasteiger partial charge in [0.2, 0.25) is 0 Å². The highest BCUT2D eigenvalue weighted by Crippen LogP contribution is 2.27. The first-order chi connectivity index (χ1) is 7.81. The Morgan fingerprint density at radius 2 is 1.81 bits per heavy atom. The Balaban J connectivity index is 2.08. The molecule has 1 N–H and O–H groups in total. The van der Waals surface area contributed by atoms with Gasteiger partial charge in [0.25, 0.3) is 0 Å². The molecular formula is C12H20N2OS. The van der Waals surface area contributed by atoms with E-state index in [4.69, 9.17) is 0 Å². The van der Waals surface area contributed by atoms with Crippen LogP contribution in [-0.2, 0) is 6.61 Å². The predicted octanol–water partition coefficient (Wildman–Crippen LogP) is 2.71. The highest BCUT2D eigenvalue weighted by molar-refractivity contribution is 7.15. The first-order valence-electron chi connectivity index (χ1n) is 6.13. The minimum absolute atomic E-state index is 0.122. The van der Waals surface area contributed by atoms with E-state index < -0.39 is 0 Å². The topological polar surface area (TPSA) is 36.4 Å². The van der Waals surface area contributed by atoms with Crippen molar-refractivity contribution in [2.24, 2.45) is 0 Å². The van der Waals surface area contributed by atoms with Crippen LogP contribution in [0, 0.1) is 6.92 Å². The zero-order valence-corrected chi connectivity index (χ0v) is 10.7. The Bertz CT molecular complexity index is 330. The number of aliphatic hydroxyl groups is 1. The number of aromatic nitrogens is 1. The minimum Gasteiger partial charge on any atom is -0.391 e. The monoisotopic (exact) mass is 240 g/mol. The number of hydrogen-bond donors (Lipinski definition) is 1. The summed E-state index contributed by atoms with van der Waals surface area (Å²) in [6.07, 6.45) is 6.61. The summed E-state index contributed by atoms with van der Waals surface area (Å²) in [6, 6.07) is 0. The molecule has 4 heteroatoms. The molecule has 90 valence electrons. The number of aryl methyl sites for hydroxylation is 1. The van der Waals surface area contributed by atoms with Crippen LogP contribution in [0.3, 0.4) is 0 Å². The lowest BCUT2D eigenvalue weighted by molar-refractivity contribution is 0.284. The van der Waals surface area contributed by atoms with Gasteiger partial charge in [0.1, 0.15) is 0 Å².